The minimum absolute atomic E-state index is 0.258. The molecule has 0 radical (unpaired) electrons. The predicted molar refractivity (Wildman–Crippen MR) is 323 cm³/mol. The number of aromatic nitrogens is 1. The number of fused-ring (bicyclic) bond motifs is 13. The Labute approximate surface area is 449 Å². The SMILES string of the molecule is c1ccc(-c2cccc(-c3ccccc3)c2N2c3ccc(-c4cccc5c4oc4ccccc45)cc3B3c4cc(-c5cccc6c5oc5ccccc56)ccc4Oc4cc(-n5c6ccccc6c6ccccc65)cc2c43)cc1. The molecule has 2 aliphatic heterocycles. The third kappa shape index (κ3) is 6.26. The molecular weight excluding hydrogens is 952 g/mol. The van der Waals surface area contributed by atoms with Gasteiger partial charge in [-0.2, -0.15) is 0 Å². The summed E-state index contributed by atoms with van der Waals surface area (Å²) in [6.07, 6.45) is 0. The normalized spacial score (nSPS) is 12.7. The van der Waals surface area contributed by atoms with Gasteiger partial charge in [0, 0.05) is 72.0 Å². The van der Waals surface area contributed by atoms with Gasteiger partial charge in [-0.15, -0.1) is 0 Å². The zero-order valence-corrected chi connectivity index (χ0v) is 42.0. The Morgan fingerprint density at radius 3 is 1.41 bits per heavy atom. The van der Waals surface area contributed by atoms with Crippen LogP contribution in [0.25, 0.3) is 116 Å². The van der Waals surface area contributed by atoms with Crippen LogP contribution in [0.3, 0.4) is 0 Å². The van der Waals surface area contributed by atoms with Crippen molar-refractivity contribution in [3.8, 4) is 61.7 Å². The Balaban J connectivity index is 0.994. The van der Waals surface area contributed by atoms with Gasteiger partial charge in [-0.05, 0) is 81.1 Å². The second-order valence-corrected chi connectivity index (χ2v) is 20.6. The quantitative estimate of drug-likeness (QED) is 0.156. The number of anilines is 3. The van der Waals surface area contributed by atoms with Crippen LogP contribution in [0.2, 0.25) is 0 Å². The average molecular weight is 995 g/mol. The van der Waals surface area contributed by atoms with Crippen molar-refractivity contribution in [2.45, 2.75) is 0 Å². The fraction of sp³-hybridized carbons (Fsp3) is 0. The molecule has 0 saturated heterocycles. The largest absolute Gasteiger partial charge is 0.458 e. The number of furan rings is 2. The number of rotatable bonds is 6. The van der Waals surface area contributed by atoms with E-state index in [1.54, 1.807) is 0 Å². The van der Waals surface area contributed by atoms with Gasteiger partial charge in [-0.3, -0.25) is 0 Å². The molecule has 5 nitrogen and oxygen atoms in total. The van der Waals surface area contributed by atoms with Crippen LogP contribution in [-0.4, -0.2) is 11.3 Å². The zero-order valence-electron chi connectivity index (χ0n) is 42.0. The van der Waals surface area contributed by atoms with Crippen molar-refractivity contribution in [2.24, 2.45) is 0 Å². The summed E-state index contributed by atoms with van der Waals surface area (Å²) >= 11 is 0. The van der Waals surface area contributed by atoms with E-state index in [0.717, 1.165) is 150 Å². The Kier molecular flexibility index (Phi) is 9.15. The third-order valence-corrected chi connectivity index (χ3v) is 16.5. The van der Waals surface area contributed by atoms with Gasteiger partial charge in [0.05, 0.1) is 22.4 Å². The summed E-state index contributed by atoms with van der Waals surface area (Å²) in [5.41, 5.74) is 22.0. The van der Waals surface area contributed by atoms with Crippen molar-refractivity contribution >= 4 is 106 Å². The monoisotopic (exact) mass is 994 g/mol. The maximum atomic E-state index is 7.47. The highest BCUT2D eigenvalue weighted by Crippen LogP contribution is 2.51. The maximum Gasteiger partial charge on any atom is 0.256 e. The molecule has 0 atom stereocenters. The van der Waals surface area contributed by atoms with Gasteiger partial charge < -0.3 is 23.0 Å². The molecule has 0 amide bonds. The van der Waals surface area contributed by atoms with Crippen LogP contribution in [0.4, 0.5) is 17.1 Å². The summed E-state index contributed by atoms with van der Waals surface area (Å²) in [5.74, 6) is 1.63. The van der Waals surface area contributed by atoms with E-state index >= 15 is 0 Å². The van der Waals surface area contributed by atoms with Crippen molar-refractivity contribution in [1.82, 2.24) is 4.57 Å². The van der Waals surface area contributed by atoms with Crippen LogP contribution in [-0.2, 0) is 0 Å². The van der Waals surface area contributed by atoms with Crippen LogP contribution in [0.15, 0.2) is 270 Å². The molecule has 5 heterocycles. The zero-order chi connectivity index (χ0) is 51.0. The first-order chi connectivity index (χ1) is 38.7. The van der Waals surface area contributed by atoms with Crippen molar-refractivity contribution < 1.29 is 13.6 Å². The van der Waals surface area contributed by atoms with Crippen LogP contribution < -0.4 is 26.0 Å². The predicted octanol–water partition coefficient (Wildman–Crippen LogP) is 17.7. The number of nitrogens with zero attached hydrogens (tertiary/aromatic N) is 2. The van der Waals surface area contributed by atoms with Crippen LogP contribution in [0.1, 0.15) is 0 Å². The lowest BCUT2D eigenvalue weighted by Crippen LogP contribution is -2.59. The summed E-state index contributed by atoms with van der Waals surface area (Å²) in [4.78, 5) is 2.55. The fourth-order valence-electron chi connectivity index (χ4n) is 13.1. The third-order valence-electron chi connectivity index (χ3n) is 16.5. The molecule has 0 bridgehead atoms. The molecule has 3 aromatic heterocycles. The van der Waals surface area contributed by atoms with E-state index in [9.17, 15) is 0 Å². The van der Waals surface area contributed by atoms with E-state index < -0.39 is 0 Å². The highest BCUT2D eigenvalue weighted by Gasteiger charge is 2.44. The molecule has 0 aliphatic carbocycles. The molecule has 362 valence electrons. The lowest BCUT2D eigenvalue weighted by molar-refractivity contribution is 0.487. The molecule has 0 spiro atoms. The van der Waals surface area contributed by atoms with Gasteiger partial charge in [0.2, 0.25) is 0 Å². The summed E-state index contributed by atoms with van der Waals surface area (Å²) in [5, 5.41) is 6.80. The molecule has 15 aromatic rings. The Hall–Kier alpha value is -10.3. The summed E-state index contributed by atoms with van der Waals surface area (Å²) in [6, 6.07) is 94.1. The van der Waals surface area contributed by atoms with E-state index in [2.05, 4.69) is 258 Å². The fourth-order valence-corrected chi connectivity index (χ4v) is 13.1. The first-order valence-corrected chi connectivity index (χ1v) is 26.7. The van der Waals surface area contributed by atoms with Gasteiger partial charge in [-0.1, -0.05) is 212 Å². The molecule has 12 aromatic carbocycles. The van der Waals surface area contributed by atoms with Gasteiger partial charge in [0.25, 0.3) is 6.71 Å². The molecule has 0 fully saturated rings. The summed E-state index contributed by atoms with van der Waals surface area (Å²) in [6.45, 7) is -0.258. The standard InChI is InChI=1S/C72H43BN2O3/c1-3-18-44(19-4-1)49-26-15-27-50(45-20-5-2-6-21-45)70(49)75-63-38-36-46(51-28-16-30-57-55-24-9-13-34-65(55)77-71(51)57)40-59(63)73-60-41-47(52-29-17-31-58-56-25-10-14-35-66(56)78-72(52)58)37-39-67(60)76-68-43-48(42-64(75)69(68)73)74-61-32-11-7-22-53(61)54-23-8-12-33-62(54)74/h1-43H. The van der Waals surface area contributed by atoms with Crippen molar-refractivity contribution in [1.29, 1.82) is 0 Å². The van der Waals surface area contributed by atoms with Gasteiger partial charge >= 0.3 is 0 Å². The smallest absolute Gasteiger partial charge is 0.256 e. The van der Waals surface area contributed by atoms with Gasteiger partial charge in [-0.25, -0.2) is 0 Å². The second-order valence-electron chi connectivity index (χ2n) is 20.6. The van der Waals surface area contributed by atoms with E-state index in [-0.39, 0.29) is 6.71 Å². The van der Waals surface area contributed by atoms with Crippen molar-refractivity contribution in [3.05, 3.63) is 261 Å². The number of ether oxygens (including phenoxy) is 1. The van der Waals surface area contributed by atoms with Crippen LogP contribution in [0.5, 0.6) is 11.5 Å². The molecule has 0 unspecified atom stereocenters. The lowest BCUT2D eigenvalue weighted by Gasteiger charge is -2.42. The molecule has 17 rings (SSSR count). The van der Waals surface area contributed by atoms with E-state index in [4.69, 9.17) is 13.6 Å². The van der Waals surface area contributed by atoms with E-state index in [1.807, 2.05) is 12.1 Å². The minimum atomic E-state index is -0.258. The summed E-state index contributed by atoms with van der Waals surface area (Å²) < 4.78 is 23.4. The molecule has 6 heteroatoms. The molecule has 78 heavy (non-hydrogen) atoms. The second kappa shape index (κ2) is 16.6. The number of benzene rings is 12. The Morgan fingerprint density at radius 2 is 0.808 bits per heavy atom. The minimum Gasteiger partial charge on any atom is -0.458 e. The Morgan fingerprint density at radius 1 is 0.321 bits per heavy atom. The van der Waals surface area contributed by atoms with E-state index in [1.165, 1.54) is 10.8 Å². The summed E-state index contributed by atoms with van der Waals surface area (Å²) in [7, 11) is 0. The molecule has 2 aliphatic rings. The van der Waals surface area contributed by atoms with Crippen molar-refractivity contribution in [3.63, 3.8) is 0 Å². The number of hydrogen-bond donors (Lipinski definition) is 0. The highest BCUT2D eigenvalue weighted by atomic mass is 16.5. The van der Waals surface area contributed by atoms with Gasteiger partial charge in [0.1, 0.15) is 33.8 Å². The first-order valence-electron chi connectivity index (χ1n) is 26.7. The number of hydrogen-bond acceptors (Lipinski definition) is 4. The van der Waals surface area contributed by atoms with Gasteiger partial charge in [0.15, 0.2) is 0 Å². The molecule has 0 saturated carbocycles. The van der Waals surface area contributed by atoms with E-state index in [0.29, 0.717) is 0 Å². The lowest BCUT2D eigenvalue weighted by atomic mass is 9.34. The highest BCUT2D eigenvalue weighted by molar-refractivity contribution is 6.99. The van der Waals surface area contributed by atoms with Crippen molar-refractivity contribution in [2.75, 3.05) is 4.90 Å². The van der Waals surface area contributed by atoms with Crippen LogP contribution in [0, 0.1) is 0 Å². The number of para-hydroxylation sites is 7. The maximum absolute atomic E-state index is 7.47. The van der Waals surface area contributed by atoms with Crippen LogP contribution >= 0.6 is 0 Å². The average Bonchev–Trinajstić information content (AvgIpc) is 4.06. The molecular formula is C72H43BN2O3. The molecule has 0 N–H and O–H groups in total. The first kappa shape index (κ1) is 43.0. The Bertz CT molecular complexity index is 4860. The topological polar surface area (TPSA) is 43.7 Å².